The Bertz CT molecular complexity index is 1310. The van der Waals surface area contributed by atoms with Crippen LogP contribution < -0.4 is 15.0 Å². The van der Waals surface area contributed by atoms with Gasteiger partial charge in [-0.1, -0.05) is 34.1 Å². The van der Waals surface area contributed by atoms with Crippen LogP contribution >= 0.6 is 38.5 Å². The average Bonchev–Trinajstić information content (AvgIpc) is 2.76. The predicted molar refractivity (Wildman–Crippen MR) is 143 cm³/mol. The standard InChI is InChI=1S/C26H20BrIN2O4/c1-15-9-16(2)11-21(10-15)30-25(32)22(24(31)29-26(30)33)13-18-12-19(27)5-8-23(18)34-14-17-3-6-20(28)7-4-17/h3-13H,14H2,1-2H3,(H,29,31,33)/b22-13+. The number of urea groups is 1. The molecule has 3 aromatic carbocycles. The van der Waals surface area contributed by atoms with Gasteiger partial charge in [0, 0.05) is 13.6 Å². The molecule has 8 heteroatoms. The number of nitrogens with one attached hydrogen (secondary N) is 1. The summed E-state index contributed by atoms with van der Waals surface area (Å²) in [6, 6.07) is 17.9. The van der Waals surface area contributed by atoms with Gasteiger partial charge in [0.2, 0.25) is 0 Å². The summed E-state index contributed by atoms with van der Waals surface area (Å²) >= 11 is 5.67. The van der Waals surface area contributed by atoms with Gasteiger partial charge in [-0.25, -0.2) is 9.69 Å². The first-order valence-electron chi connectivity index (χ1n) is 10.4. The van der Waals surface area contributed by atoms with Crippen molar-refractivity contribution in [2.45, 2.75) is 20.5 Å². The molecule has 0 bridgehead atoms. The maximum Gasteiger partial charge on any atom is 0.335 e. The van der Waals surface area contributed by atoms with Crippen LogP contribution in [0.5, 0.6) is 5.75 Å². The van der Waals surface area contributed by atoms with Crippen LogP contribution in [-0.2, 0) is 16.2 Å². The van der Waals surface area contributed by atoms with E-state index in [9.17, 15) is 14.4 Å². The van der Waals surface area contributed by atoms with E-state index >= 15 is 0 Å². The van der Waals surface area contributed by atoms with E-state index in [1.54, 1.807) is 24.3 Å². The normalized spacial score (nSPS) is 15.0. The monoisotopic (exact) mass is 630 g/mol. The summed E-state index contributed by atoms with van der Waals surface area (Å²) in [7, 11) is 0. The summed E-state index contributed by atoms with van der Waals surface area (Å²) in [5, 5.41) is 2.27. The molecule has 1 N–H and O–H groups in total. The van der Waals surface area contributed by atoms with Crippen LogP contribution in [-0.4, -0.2) is 17.8 Å². The molecule has 0 saturated carbocycles. The second-order valence-electron chi connectivity index (χ2n) is 7.90. The largest absolute Gasteiger partial charge is 0.488 e. The van der Waals surface area contributed by atoms with Gasteiger partial charge in [-0.2, -0.15) is 0 Å². The summed E-state index contributed by atoms with van der Waals surface area (Å²) in [5.74, 6) is -0.939. The van der Waals surface area contributed by atoms with E-state index in [-0.39, 0.29) is 5.57 Å². The Balaban J connectivity index is 1.68. The number of hydrogen-bond acceptors (Lipinski definition) is 4. The molecule has 0 radical (unpaired) electrons. The third-order valence-electron chi connectivity index (χ3n) is 5.15. The maximum atomic E-state index is 13.3. The Labute approximate surface area is 219 Å². The number of anilines is 1. The van der Waals surface area contributed by atoms with E-state index < -0.39 is 17.8 Å². The van der Waals surface area contributed by atoms with Gasteiger partial charge in [0.1, 0.15) is 17.9 Å². The first kappa shape index (κ1) is 24.2. The zero-order valence-electron chi connectivity index (χ0n) is 18.4. The number of amides is 4. The highest BCUT2D eigenvalue weighted by atomic mass is 127. The number of barbiturate groups is 1. The van der Waals surface area contributed by atoms with Gasteiger partial charge < -0.3 is 4.74 Å². The Kier molecular flexibility index (Phi) is 7.18. The molecule has 4 rings (SSSR count). The van der Waals surface area contributed by atoms with Gasteiger partial charge in [0.15, 0.2) is 0 Å². The van der Waals surface area contributed by atoms with Crippen molar-refractivity contribution in [2.75, 3.05) is 4.90 Å². The number of aryl methyl sites for hydroxylation is 2. The van der Waals surface area contributed by atoms with Crippen molar-refractivity contribution in [2.24, 2.45) is 0 Å². The van der Waals surface area contributed by atoms with E-state index in [0.717, 1.165) is 29.6 Å². The minimum atomic E-state index is -0.776. The molecule has 1 heterocycles. The first-order valence-corrected chi connectivity index (χ1v) is 12.2. The number of carbonyl (C=O) groups excluding carboxylic acids is 3. The van der Waals surface area contributed by atoms with Gasteiger partial charge in [0.05, 0.1) is 5.69 Å². The molecule has 6 nitrogen and oxygen atoms in total. The van der Waals surface area contributed by atoms with Gasteiger partial charge in [0.25, 0.3) is 11.8 Å². The molecule has 1 fully saturated rings. The highest BCUT2D eigenvalue weighted by molar-refractivity contribution is 14.1. The number of nitrogens with zero attached hydrogens (tertiary/aromatic N) is 1. The van der Waals surface area contributed by atoms with Crippen molar-refractivity contribution in [3.63, 3.8) is 0 Å². The van der Waals surface area contributed by atoms with Crippen molar-refractivity contribution in [3.05, 3.63) is 96.5 Å². The molecule has 34 heavy (non-hydrogen) atoms. The molecular formula is C26H20BrIN2O4. The molecule has 0 aromatic heterocycles. The lowest BCUT2D eigenvalue weighted by Crippen LogP contribution is -2.54. The van der Waals surface area contributed by atoms with Crippen molar-refractivity contribution in [3.8, 4) is 5.75 Å². The average molecular weight is 631 g/mol. The number of imide groups is 2. The van der Waals surface area contributed by atoms with Crippen molar-refractivity contribution in [1.82, 2.24) is 5.32 Å². The second kappa shape index (κ2) is 10.1. The minimum Gasteiger partial charge on any atom is -0.488 e. The number of carbonyl (C=O) groups is 3. The number of halogens is 2. The number of benzene rings is 3. The molecule has 0 atom stereocenters. The fraction of sp³-hybridized carbons (Fsp3) is 0.115. The Morgan fingerprint density at radius 3 is 2.32 bits per heavy atom. The topological polar surface area (TPSA) is 75.7 Å². The smallest absolute Gasteiger partial charge is 0.335 e. The van der Waals surface area contributed by atoms with Gasteiger partial charge in [-0.05, 0) is 102 Å². The van der Waals surface area contributed by atoms with Crippen LogP contribution in [0.1, 0.15) is 22.3 Å². The highest BCUT2D eigenvalue weighted by Gasteiger charge is 2.37. The zero-order valence-corrected chi connectivity index (χ0v) is 22.1. The van der Waals surface area contributed by atoms with Crippen LogP contribution in [0.3, 0.4) is 0 Å². The molecule has 0 unspecified atom stereocenters. The van der Waals surface area contributed by atoms with E-state index in [4.69, 9.17) is 4.74 Å². The SMILES string of the molecule is Cc1cc(C)cc(N2C(=O)NC(=O)/C(=C\c3cc(Br)ccc3OCc3ccc(I)cc3)C2=O)c1. The maximum absolute atomic E-state index is 13.3. The quantitative estimate of drug-likeness (QED) is 0.216. The van der Waals surface area contributed by atoms with E-state index in [2.05, 4.69) is 43.8 Å². The summed E-state index contributed by atoms with van der Waals surface area (Å²) in [6.07, 6.45) is 1.45. The Hall–Kier alpha value is -2.98. The number of ether oxygens (including phenoxy) is 1. The fourth-order valence-corrected chi connectivity index (χ4v) is 4.37. The molecule has 1 aliphatic heterocycles. The minimum absolute atomic E-state index is 0.157. The van der Waals surface area contributed by atoms with Crippen molar-refractivity contribution >= 4 is 68.1 Å². The summed E-state index contributed by atoms with van der Waals surface area (Å²) < 4.78 is 7.88. The third kappa shape index (κ3) is 5.39. The summed E-state index contributed by atoms with van der Waals surface area (Å²) in [5.41, 5.74) is 3.57. The Morgan fingerprint density at radius 2 is 1.65 bits per heavy atom. The van der Waals surface area contributed by atoms with Crippen LogP contribution in [0, 0.1) is 17.4 Å². The van der Waals surface area contributed by atoms with E-state index in [1.807, 2.05) is 50.2 Å². The second-order valence-corrected chi connectivity index (χ2v) is 10.1. The van der Waals surface area contributed by atoms with Crippen LogP contribution in [0.25, 0.3) is 6.08 Å². The molecule has 172 valence electrons. The number of rotatable bonds is 5. The number of hydrogen-bond donors (Lipinski definition) is 1. The molecule has 1 saturated heterocycles. The van der Waals surface area contributed by atoms with Crippen LogP contribution in [0.2, 0.25) is 0 Å². The molecular weight excluding hydrogens is 611 g/mol. The predicted octanol–water partition coefficient (Wildman–Crippen LogP) is 5.92. The zero-order chi connectivity index (χ0) is 24.4. The first-order chi connectivity index (χ1) is 16.2. The lowest BCUT2D eigenvalue weighted by Gasteiger charge is -2.27. The fourth-order valence-electron chi connectivity index (χ4n) is 3.63. The van der Waals surface area contributed by atoms with Gasteiger partial charge in [-0.15, -0.1) is 0 Å². The lowest BCUT2D eigenvalue weighted by atomic mass is 10.0. The van der Waals surface area contributed by atoms with Crippen molar-refractivity contribution < 1.29 is 19.1 Å². The molecule has 0 aliphatic carbocycles. The molecule has 0 spiro atoms. The Morgan fingerprint density at radius 1 is 0.971 bits per heavy atom. The molecule has 1 aliphatic rings. The van der Waals surface area contributed by atoms with E-state index in [1.165, 1.54) is 6.08 Å². The van der Waals surface area contributed by atoms with E-state index in [0.29, 0.717) is 23.6 Å². The highest BCUT2D eigenvalue weighted by Crippen LogP contribution is 2.29. The van der Waals surface area contributed by atoms with Gasteiger partial charge in [-0.3, -0.25) is 14.9 Å². The summed E-state index contributed by atoms with van der Waals surface area (Å²) in [6.45, 7) is 4.08. The van der Waals surface area contributed by atoms with Crippen molar-refractivity contribution in [1.29, 1.82) is 0 Å². The van der Waals surface area contributed by atoms with Gasteiger partial charge >= 0.3 is 6.03 Å². The van der Waals surface area contributed by atoms with Crippen LogP contribution in [0.15, 0.2) is 70.7 Å². The third-order valence-corrected chi connectivity index (χ3v) is 6.36. The molecule has 3 aromatic rings. The molecule has 4 amide bonds. The van der Waals surface area contributed by atoms with Crippen LogP contribution in [0.4, 0.5) is 10.5 Å². The summed E-state index contributed by atoms with van der Waals surface area (Å²) in [4.78, 5) is 39.5. The lowest BCUT2D eigenvalue weighted by molar-refractivity contribution is -0.122.